The predicted octanol–water partition coefficient (Wildman–Crippen LogP) is 5.06. The Bertz CT molecular complexity index is 1660. The minimum absolute atomic E-state index is 0.0170. The molecule has 0 radical (unpaired) electrons. The zero-order chi connectivity index (χ0) is 37.2. The van der Waals surface area contributed by atoms with Crippen molar-refractivity contribution in [3.63, 3.8) is 0 Å². The number of amidine groups is 2. The van der Waals surface area contributed by atoms with E-state index in [-0.39, 0.29) is 36.7 Å². The number of amides is 2. The Hall–Kier alpha value is -5.00. The van der Waals surface area contributed by atoms with E-state index in [0.29, 0.717) is 29.7 Å². The van der Waals surface area contributed by atoms with Crippen LogP contribution in [0, 0.1) is 11.8 Å². The predicted molar refractivity (Wildman–Crippen MR) is 193 cm³/mol. The zero-order valence-electron chi connectivity index (χ0n) is 30.6. The number of pyridine rings is 2. The molecule has 0 bridgehead atoms. The third-order valence-corrected chi connectivity index (χ3v) is 9.09. The number of aliphatic imine (C=N–C) groups is 2. The van der Waals surface area contributed by atoms with Gasteiger partial charge in [-0.3, -0.25) is 29.4 Å². The van der Waals surface area contributed by atoms with E-state index >= 15 is 0 Å². The average Bonchev–Trinajstić information content (AvgIpc) is 3.51. The number of hydrogen-bond acceptors (Lipinski definition) is 9. The number of nitrogens with zero attached hydrogens (tertiary/aromatic N) is 6. The van der Waals surface area contributed by atoms with Crippen LogP contribution in [0.25, 0.3) is 0 Å². The number of rotatable bonds is 13. The second kappa shape index (κ2) is 17.1. The summed E-state index contributed by atoms with van der Waals surface area (Å²) in [6.45, 7) is 18.1. The maximum Gasteiger partial charge on any atom is 0.330 e. The van der Waals surface area contributed by atoms with Crippen molar-refractivity contribution in [2.45, 2.75) is 86.2 Å². The summed E-state index contributed by atoms with van der Waals surface area (Å²) >= 11 is 0. The van der Waals surface area contributed by atoms with E-state index in [0.717, 1.165) is 30.0 Å². The van der Waals surface area contributed by atoms with Gasteiger partial charge in [0.1, 0.15) is 22.5 Å². The summed E-state index contributed by atoms with van der Waals surface area (Å²) in [4.78, 5) is 69.4. The Morgan fingerprint density at radius 1 is 0.760 bits per heavy atom. The van der Waals surface area contributed by atoms with Crippen molar-refractivity contribution in [3.8, 4) is 0 Å². The Labute approximate surface area is 295 Å². The Morgan fingerprint density at radius 3 is 1.50 bits per heavy atom. The summed E-state index contributed by atoms with van der Waals surface area (Å²) < 4.78 is 4.88. The molecule has 268 valence electrons. The summed E-state index contributed by atoms with van der Waals surface area (Å²) in [6.07, 6.45) is 10.8. The van der Waals surface area contributed by atoms with Gasteiger partial charge in [-0.05, 0) is 68.7 Å². The van der Waals surface area contributed by atoms with Crippen LogP contribution in [-0.4, -0.2) is 91.1 Å². The number of esters is 1. The molecule has 0 spiro atoms. The van der Waals surface area contributed by atoms with Crippen LogP contribution >= 0.6 is 0 Å². The highest BCUT2D eigenvalue weighted by Gasteiger charge is 2.48. The molecule has 0 aromatic carbocycles. The van der Waals surface area contributed by atoms with Crippen LogP contribution in [0.15, 0.2) is 70.9 Å². The number of ether oxygens (including phenoxy) is 1. The number of carboxylic acids is 1. The first-order chi connectivity index (χ1) is 23.6. The van der Waals surface area contributed by atoms with Gasteiger partial charge < -0.3 is 9.84 Å². The molecule has 0 saturated heterocycles. The summed E-state index contributed by atoms with van der Waals surface area (Å²) in [7, 11) is 0. The zero-order valence-corrected chi connectivity index (χ0v) is 30.6. The number of hydrogen-bond donors (Lipinski definition) is 1. The quantitative estimate of drug-likeness (QED) is 0.227. The maximum atomic E-state index is 13.0. The van der Waals surface area contributed by atoms with Gasteiger partial charge in [-0.2, -0.15) is 0 Å². The number of aromatic nitrogens is 2. The lowest BCUT2D eigenvalue weighted by Crippen LogP contribution is -2.44. The molecule has 4 rings (SSSR count). The molecule has 2 aliphatic rings. The Balaban J connectivity index is 0.000000271. The van der Waals surface area contributed by atoms with Crippen molar-refractivity contribution < 1.29 is 29.0 Å². The highest BCUT2D eigenvalue weighted by Crippen LogP contribution is 2.33. The van der Waals surface area contributed by atoms with Gasteiger partial charge in [0, 0.05) is 37.6 Å². The van der Waals surface area contributed by atoms with Gasteiger partial charge in [0.2, 0.25) is 0 Å². The number of aryl methyl sites for hydroxylation is 2. The second-order valence-electron chi connectivity index (χ2n) is 13.0. The van der Waals surface area contributed by atoms with E-state index in [1.54, 1.807) is 37.2 Å². The summed E-state index contributed by atoms with van der Waals surface area (Å²) in [5.74, 6) is -0.591. The summed E-state index contributed by atoms with van der Waals surface area (Å²) in [6, 6.07) is 7.70. The van der Waals surface area contributed by atoms with Crippen molar-refractivity contribution in [1.82, 2.24) is 19.8 Å². The molecule has 0 saturated carbocycles. The van der Waals surface area contributed by atoms with Crippen LogP contribution in [-0.2, 0) is 36.8 Å². The van der Waals surface area contributed by atoms with Gasteiger partial charge in [0.05, 0.1) is 6.61 Å². The first kappa shape index (κ1) is 39.4. The van der Waals surface area contributed by atoms with Crippen LogP contribution in [0.5, 0.6) is 0 Å². The second-order valence-corrected chi connectivity index (χ2v) is 13.0. The smallest absolute Gasteiger partial charge is 0.330 e. The monoisotopic (exact) mass is 686 g/mol. The lowest BCUT2D eigenvalue weighted by atomic mass is 9.89. The van der Waals surface area contributed by atoms with E-state index < -0.39 is 23.0 Å². The highest BCUT2D eigenvalue weighted by molar-refractivity contribution is 6.15. The molecule has 50 heavy (non-hydrogen) atoms. The molecule has 2 unspecified atom stereocenters. The molecule has 2 aromatic heterocycles. The number of carbonyl (C=O) groups excluding carboxylic acids is 3. The minimum Gasteiger partial charge on any atom is -0.478 e. The van der Waals surface area contributed by atoms with E-state index in [4.69, 9.17) is 14.8 Å². The van der Waals surface area contributed by atoms with E-state index in [2.05, 4.69) is 21.9 Å². The van der Waals surface area contributed by atoms with Gasteiger partial charge in [-0.25, -0.2) is 19.6 Å². The Kier molecular flexibility index (Phi) is 13.5. The summed E-state index contributed by atoms with van der Waals surface area (Å²) in [5.41, 5.74) is 1.81. The fraction of sp³-hybridized carbons (Fsp3) is 0.474. The van der Waals surface area contributed by atoms with Crippen LogP contribution < -0.4 is 0 Å². The third-order valence-electron chi connectivity index (χ3n) is 9.09. The van der Waals surface area contributed by atoms with Crippen LogP contribution in [0.4, 0.5) is 0 Å². The van der Waals surface area contributed by atoms with Crippen molar-refractivity contribution >= 4 is 35.4 Å². The fourth-order valence-electron chi connectivity index (χ4n) is 5.11. The molecule has 12 heteroatoms. The highest BCUT2D eigenvalue weighted by atomic mass is 16.5. The van der Waals surface area contributed by atoms with Crippen molar-refractivity contribution in [2.24, 2.45) is 21.8 Å². The molecule has 2 aromatic rings. The summed E-state index contributed by atoms with van der Waals surface area (Å²) in [5, 5.41) is 8.75. The van der Waals surface area contributed by atoms with E-state index in [1.165, 1.54) is 17.1 Å². The van der Waals surface area contributed by atoms with Crippen molar-refractivity contribution in [1.29, 1.82) is 0 Å². The van der Waals surface area contributed by atoms with Gasteiger partial charge in [0.15, 0.2) is 11.7 Å². The number of aliphatic carboxylic acids is 1. The largest absolute Gasteiger partial charge is 0.478 e. The standard InChI is InChI=1S/C20H27N3O3.C18H23N3O3/c1-6-15-10-11-16(21-13-15)18-22-20(5,14(3)4)19(25)23(18)12-8-9-17(24)26-7-2;1-5-13-8-9-14(19-11-13)16-20-18(4,12(2)3)17(24)21(16)10-6-7-15(22)23/h8-11,13-14H,6-7,12H2,1-5H3;6-9,11-12H,5,10H2,1-4H3,(H,22,23)/b9-8+;7-6+. The Morgan fingerprint density at radius 2 is 1.18 bits per heavy atom. The lowest BCUT2D eigenvalue weighted by molar-refractivity contribution is -0.137. The van der Waals surface area contributed by atoms with Crippen LogP contribution in [0.1, 0.15) is 84.8 Å². The minimum atomic E-state index is -1.04. The molecule has 12 nitrogen and oxygen atoms in total. The average molecular weight is 687 g/mol. The fourth-order valence-corrected chi connectivity index (χ4v) is 5.11. The maximum absolute atomic E-state index is 13.0. The lowest BCUT2D eigenvalue weighted by Gasteiger charge is -2.25. The van der Waals surface area contributed by atoms with Crippen molar-refractivity contribution in [2.75, 3.05) is 19.7 Å². The van der Waals surface area contributed by atoms with Gasteiger partial charge in [0.25, 0.3) is 11.8 Å². The van der Waals surface area contributed by atoms with E-state index in [9.17, 15) is 19.2 Å². The molecular weight excluding hydrogens is 636 g/mol. The topological polar surface area (TPSA) is 155 Å². The number of carbonyl (C=O) groups is 4. The SMILES string of the molecule is CCOC(=O)/C=C/CN1C(=O)C(C)(C(C)C)N=C1c1ccc(CC)cn1.CCc1ccc(C2=NC(C)(C(C)C)C(=O)N2C/C=C/C(=O)O)nc1. The van der Waals surface area contributed by atoms with Gasteiger partial charge in [-0.15, -0.1) is 0 Å². The normalized spacial score (nSPS) is 20.5. The number of carboxylic acid groups (broad SMARTS) is 1. The molecule has 0 fully saturated rings. The van der Waals surface area contributed by atoms with Crippen LogP contribution in [0.2, 0.25) is 0 Å². The molecule has 1 N–H and O–H groups in total. The molecule has 2 atom stereocenters. The third kappa shape index (κ3) is 8.96. The van der Waals surface area contributed by atoms with Gasteiger partial charge >= 0.3 is 11.9 Å². The molecule has 4 heterocycles. The molecular formula is C38H50N6O6. The van der Waals surface area contributed by atoms with Gasteiger partial charge in [-0.1, -0.05) is 65.8 Å². The van der Waals surface area contributed by atoms with Crippen LogP contribution in [0.3, 0.4) is 0 Å². The molecule has 2 amide bonds. The van der Waals surface area contributed by atoms with Crippen molar-refractivity contribution in [3.05, 3.63) is 83.5 Å². The first-order valence-corrected chi connectivity index (χ1v) is 17.1. The molecule has 2 aliphatic heterocycles. The molecule has 0 aliphatic carbocycles. The first-order valence-electron chi connectivity index (χ1n) is 17.1. The van der Waals surface area contributed by atoms with E-state index in [1.807, 2.05) is 65.8 Å².